The van der Waals surface area contributed by atoms with Gasteiger partial charge in [0.15, 0.2) is 6.10 Å². The van der Waals surface area contributed by atoms with Crippen molar-refractivity contribution in [2.75, 3.05) is 13.7 Å². The lowest BCUT2D eigenvalue weighted by Gasteiger charge is -2.30. The van der Waals surface area contributed by atoms with Crippen LogP contribution in [0.15, 0.2) is 48.5 Å². The lowest BCUT2D eigenvalue weighted by Crippen LogP contribution is -2.47. The van der Waals surface area contributed by atoms with E-state index in [0.717, 1.165) is 0 Å². The lowest BCUT2D eigenvalue weighted by molar-refractivity contribution is -0.168. The standard InChI is InChI=1S/C20H18F3NO4/c1-27-15-8-6-13(7-9-15)11-24(12-20(21,22)23)18(25)17-10-14-4-2-3-5-16(14)19(26)28-17/h2-9,17H,10-12H2,1H3/t17-/m0/s1. The average molecular weight is 393 g/mol. The molecule has 1 aliphatic rings. The quantitative estimate of drug-likeness (QED) is 0.731. The highest BCUT2D eigenvalue weighted by molar-refractivity contribution is 5.95. The molecule has 0 bridgehead atoms. The van der Waals surface area contributed by atoms with E-state index < -0.39 is 30.7 Å². The van der Waals surface area contributed by atoms with Crippen LogP contribution >= 0.6 is 0 Å². The van der Waals surface area contributed by atoms with Gasteiger partial charge < -0.3 is 14.4 Å². The molecule has 148 valence electrons. The predicted octanol–water partition coefficient (Wildman–Crippen LogP) is 3.37. The Hall–Kier alpha value is -3.03. The van der Waals surface area contributed by atoms with Crippen LogP contribution in [0, 0.1) is 0 Å². The minimum Gasteiger partial charge on any atom is -0.497 e. The Bertz CT molecular complexity index is 864. The third-order valence-electron chi connectivity index (χ3n) is 4.38. The van der Waals surface area contributed by atoms with Gasteiger partial charge in [0, 0.05) is 13.0 Å². The van der Waals surface area contributed by atoms with E-state index in [4.69, 9.17) is 9.47 Å². The zero-order chi connectivity index (χ0) is 20.3. The molecule has 0 saturated carbocycles. The maximum absolute atomic E-state index is 13.0. The number of fused-ring (bicyclic) bond motifs is 1. The molecule has 2 aromatic rings. The maximum atomic E-state index is 13.0. The zero-order valence-corrected chi connectivity index (χ0v) is 15.0. The molecule has 1 amide bonds. The number of alkyl halides is 3. The van der Waals surface area contributed by atoms with Crippen LogP contribution in [0.4, 0.5) is 13.2 Å². The molecule has 3 rings (SSSR count). The van der Waals surface area contributed by atoms with E-state index in [1.807, 2.05) is 0 Å². The number of carbonyl (C=O) groups excluding carboxylic acids is 2. The van der Waals surface area contributed by atoms with Crippen molar-refractivity contribution in [2.24, 2.45) is 0 Å². The SMILES string of the molecule is COc1ccc(CN(CC(F)(F)F)C(=O)[C@@H]2Cc3ccccc3C(=O)O2)cc1. The Morgan fingerprint density at radius 3 is 2.50 bits per heavy atom. The smallest absolute Gasteiger partial charge is 0.406 e. The first-order valence-corrected chi connectivity index (χ1v) is 8.54. The Morgan fingerprint density at radius 2 is 1.86 bits per heavy atom. The summed E-state index contributed by atoms with van der Waals surface area (Å²) in [5.41, 5.74) is 1.40. The molecule has 2 aromatic carbocycles. The summed E-state index contributed by atoms with van der Waals surface area (Å²) in [5, 5.41) is 0. The van der Waals surface area contributed by atoms with Crippen LogP contribution in [-0.4, -0.2) is 42.7 Å². The van der Waals surface area contributed by atoms with Crippen LogP contribution in [0.5, 0.6) is 5.75 Å². The summed E-state index contributed by atoms with van der Waals surface area (Å²) in [4.78, 5) is 25.6. The average Bonchev–Trinajstić information content (AvgIpc) is 2.66. The molecule has 8 heteroatoms. The van der Waals surface area contributed by atoms with Gasteiger partial charge in [-0.25, -0.2) is 4.79 Å². The second kappa shape index (κ2) is 7.92. The van der Waals surface area contributed by atoms with Crippen LogP contribution < -0.4 is 4.74 Å². The summed E-state index contributed by atoms with van der Waals surface area (Å²) in [7, 11) is 1.48. The first-order chi connectivity index (χ1) is 13.3. The van der Waals surface area contributed by atoms with E-state index in [1.54, 1.807) is 48.5 Å². The highest BCUT2D eigenvalue weighted by Gasteiger charge is 2.38. The molecule has 1 atom stereocenters. The minimum absolute atomic E-state index is 0.0394. The van der Waals surface area contributed by atoms with E-state index in [1.165, 1.54) is 7.11 Å². The normalized spacial score (nSPS) is 16.1. The number of nitrogens with zero attached hydrogens (tertiary/aromatic N) is 1. The number of amides is 1. The van der Waals surface area contributed by atoms with Gasteiger partial charge in [-0.15, -0.1) is 0 Å². The lowest BCUT2D eigenvalue weighted by atomic mass is 9.98. The molecular weight excluding hydrogens is 375 g/mol. The van der Waals surface area contributed by atoms with Crippen molar-refractivity contribution < 1.29 is 32.2 Å². The van der Waals surface area contributed by atoms with Crippen LogP contribution in [0.3, 0.4) is 0 Å². The second-order valence-corrected chi connectivity index (χ2v) is 6.41. The fourth-order valence-electron chi connectivity index (χ4n) is 3.05. The van der Waals surface area contributed by atoms with E-state index >= 15 is 0 Å². The number of rotatable bonds is 5. The Kier molecular flexibility index (Phi) is 5.58. The first kappa shape index (κ1) is 19.7. The van der Waals surface area contributed by atoms with E-state index in [-0.39, 0.29) is 13.0 Å². The molecule has 0 radical (unpaired) electrons. The van der Waals surface area contributed by atoms with Gasteiger partial charge in [0.1, 0.15) is 12.3 Å². The van der Waals surface area contributed by atoms with Crippen molar-refractivity contribution in [1.82, 2.24) is 4.90 Å². The fraction of sp³-hybridized carbons (Fsp3) is 0.300. The first-order valence-electron chi connectivity index (χ1n) is 8.54. The van der Waals surface area contributed by atoms with Crippen molar-refractivity contribution in [2.45, 2.75) is 25.2 Å². The summed E-state index contributed by atoms with van der Waals surface area (Å²) in [6, 6.07) is 12.9. The van der Waals surface area contributed by atoms with Gasteiger partial charge in [-0.05, 0) is 29.3 Å². The third kappa shape index (κ3) is 4.62. The molecule has 1 heterocycles. The van der Waals surface area contributed by atoms with Gasteiger partial charge in [-0.1, -0.05) is 30.3 Å². The molecule has 0 unspecified atom stereocenters. The second-order valence-electron chi connectivity index (χ2n) is 6.41. The fourth-order valence-corrected chi connectivity index (χ4v) is 3.05. The van der Waals surface area contributed by atoms with E-state index in [0.29, 0.717) is 27.3 Å². The van der Waals surface area contributed by atoms with Crippen molar-refractivity contribution >= 4 is 11.9 Å². The monoisotopic (exact) mass is 393 g/mol. The Labute approximate surface area is 159 Å². The maximum Gasteiger partial charge on any atom is 0.406 e. The molecule has 0 fully saturated rings. The van der Waals surface area contributed by atoms with Gasteiger partial charge in [-0.3, -0.25) is 4.79 Å². The van der Waals surface area contributed by atoms with Gasteiger partial charge in [0.25, 0.3) is 5.91 Å². The number of esters is 1. The summed E-state index contributed by atoms with van der Waals surface area (Å²) < 4.78 is 49.3. The minimum atomic E-state index is -4.58. The molecule has 28 heavy (non-hydrogen) atoms. The van der Waals surface area contributed by atoms with Gasteiger partial charge in [0.2, 0.25) is 0 Å². The summed E-state index contributed by atoms with van der Waals surface area (Å²) in [5.74, 6) is -1.04. The number of carbonyl (C=O) groups is 2. The number of hydrogen-bond donors (Lipinski definition) is 0. The molecule has 5 nitrogen and oxygen atoms in total. The number of methoxy groups -OCH3 is 1. The molecule has 0 N–H and O–H groups in total. The zero-order valence-electron chi connectivity index (χ0n) is 15.0. The summed E-state index contributed by atoms with van der Waals surface area (Å²) in [6.45, 7) is -1.70. The topological polar surface area (TPSA) is 55.8 Å². The molecule has 1 aliphatic heterocycles. The summed E-state index contributed by atoms with van der Waals surface area (Å²) >= 11 is 0. The van der Waals surface area contributed by atoms with E-state index in [9.17, 15) is 22.8 Å². The van der Waals surface area contributed by atoms with Gasteiger partial charge >= 0.3 is 12.1 Å². The molecular formula is C20H18F3NO4. The molecule has 0 saturated heterocycles. The van der Waals surface area contributed by atoms with Crippen LogP contribution in [0.25, 0.3) is 0 Å². The van der Waals surface area contributed by atoms with Gasteiger partial charge in [0.05, 0.1) is 12.7 Å². The summed E-state index contributed by atoms with van der Waals surface area (Å²) in [6.07, 6.45) is -5.83. The number of ether oxygens (including phenoxy) is 2. The largest absolute Gasteiger partial charge is 0.497 e. The van der Waals surface area contributed by atoms with Crippen molar-refractivity contribution in [3.05, 3.63) is 65.2 Å². The Balaban J connectivity index is 1.81. The van der Waals surface area contributed by atoms with E-state index in [2.05, 4.69) is 0 Å². The highest BCUT2D eigenvalue weighted by atomic mass is 19.4. The highest BCUT2D eigenvalue weighted by Crippen LogP contribution is 2.25. The van der Waals surface area contributed by atoms with Crippen LogP contribution in [0.2, 0.25) is 0 Å². The number of hydrogen-bond acceptors (Lipinski definition) is 4. The van der Waals surface area contributed by atoms with Crippen LogP contribution in [-0.2, 0) is 22.5 Å². The van der Waals surface area contributed by atoms with Crippen LogP contribution in [0.1, 0.15) is 21.5 Å². The molecule has 0 spiro atoms. The third-order valence-corrected chi connectivity index (χ3v) is 4.38. The number of cyclic esters (lactones) is 1. The molecule has 0 aliphatic carbocycles. The van der Waals surface area contributed by atoms with Crippen molar-refractivity contribution in [1.29, 1.82) is 0 Å². The Morgan fingerprint density at radius 1 is 1.18 bits per heavy atom. The van der Waals surface area contributed by atoms with Crippen molar-refractivity contribution in [3.8, 4) is 5.75 Å². The number of benzene rings is 2. The molecule has 0 aromatic heterocycles. The van der Waals surface area contributed by atoms with Crippen molar-refractivity contribution in [3.63, 3.8) is 0 Å². The number of halogens is 3. The predicted molar refractivity (Wildman–Crippen MR) is 93.8 cm³/mol. The van der Waals surface area contributed by atoms with Gasteiger partial charge in [-0.2, -0.15) is 13.2 Å².